The lowest BCUT2D eigenvalue weighted by molar-refractivity contribution is 0.148. The first-order valence-corrected chi connectivity index (χ1v) is 9.29. The zero-order chi connectivity index (χ0) is 14.2. The van der Waals surface area contributed by atoms with Gasteiger partial charge in [0.05, 0.1) is 0 Å². The number of hydrogen-bond acceptors (Lipinski definition) is 2. The Morgan fingerprint density at radius 1 is 1.00 bits per heavy atom. The van der Waals surface area contributed by atoms with Gasteiger partial charge in [-0.1, -0.05) is 39.5 Å². The van der Waals surface area contributed by atoms with E-state index < -0.39 is 0 Å². The molecule has 0 radical (unpaired) electrons. The highest BCUT2D eigenvalue weighted by Crippen LogP contribution is 2.29. The molecule has 2 heteroatoms. The first-order valence-electron chi connectivity index (χ1n) is 9.29. The highest BCUT2D eigenvalue weighted by molar-refractivity contribution is 4.84. The van der Waals surface area contributed by atoms with E-state index in [1.807, 2.05) is 0 Å². The van der Waals surface area contributed by atoms with Crippen LogP contribution in [0.4, 0.5) is 0 Å². The highest BCUT2D eigenvalue weighted by Gasteiger charge is 2.27. The number of nitrogens with one attached hydrogen (secondary N) is 1. The molecule has 1 saturated carbocycles. The van der Waals surface area contributed by atoms with Gasteiger partial charge in [0.2, 0.25) is 0 Å². The second kappa shape index (κ2) is 9.04. The second-order valence-corrected chi connectivity index (χ2v) is 7.14. The average Bonchev–Trinajstić information content (AvgIpc) is 3.00. The van der Waals surface area contributed by atoms with Crippen molar-refractivity contribution >= 4 is 0 Å². The predicted octanol–water partition coefficient (Wildman–Crippen LogP) is 4.06. The van der Waals surface area contributed by atoms with E-state index >= 15 is 0 Å². The van der Waals surface area contributed by atoms with Crippen molar-refractivity contribution in [3.8, 4) is 0 Å². The topological polar surface area (TPSA) is 15.3 Å². The number of rotatable bonds is 8. The van der Waals surface area contributed by atoms with E-state index in [1.54, 1.807) is 0 Å². The van der Waals surface area contributed by atoms with Crippen molar-refractivity contribution in [2.75, 3.05) is 26.2 Å². The standard InChI is InChI=1S/C18H36N2/c1-3-7-16-10-13-20(14-11-16)15-18(19-12-4-2)17-8-5-6-9-17/h16-19H,3-15H2,1-2H3. The summed E-state index contributed by atoms with van der Waals surface area (Å²) in [5.74, 6) is 1.97. The summed E-state index contributed by atoms with van der Waals surface area (Å²) in [5.41, 5.74) is 0. The molecule has 2 rings (SSSR count). The quantitative estimate of drug-likeness (QED) is 0.721. The van der Waals surface area contributed by atoms with Crippen LogP contribution < -0.4 is 5.32 Å². The third kappa shape index (κ3) is 5.04. The molecule has 0 spiro atoms. The van der Waals surface area contributed by atoms with Gasteiger partial charge in [-0.15, -0.1) is 0 Å². The van der Waals surface area contributed by atoms with Crippen molar-refractivity contribution in [3.05, 3.63) is 0 Å². The molecule has 0 bridgehead atoms. The lowest BCUT2D eigenvalue weighted by atomic mass is 9.91. The summed E-state index contributed by atoms with van der Waals surface area (Å²) >= 11 is 0. The molecule has 1 N–H and O–H groups in total. The largest absolute Gasteiger partial charge is 0.312 e. The van der Waals surface area contributed by atoms with E-state index in [2.05, 4.69) is 24.1 Å². The van der Waals surface area contributed by atoms with E-state index in [1.165, 1.54) is 84.0 Å². The minimum atomic E-state index is 0.764. The summed E-state index contributed by atoms with van der Waals surface area (Å²) in [5, 5.41) is 3.85. The molecule has 0 aromatic rings. The van der Waals surface area contributed by atoms with Gasteiger partial charge in [-0.2, -0.15) is 0 Å². The molecular weight excluding hydrogens is 244 g/mol. The summed E-state index contributed by atoms with van der Waals surface area (Å²) in [7, 11) is 0. The molecule has 1 atom stereocenters. The summed E-state index contributed by atoms with van der Waals surface area (Å²) in [6.45, 7) is 9.83. The smallest absolute Gasteiger partial charge is 0.0223 e. The summed E-state index contributed by atoms with van der Waals surface area (Å²) in [6.07, 6.45) is 12.8. The Labute approximate surface area is 126 Å². The molecule has 1 saturated heterocycles. The molecule has 0 amide bonds. The summed E-state index contributed by atoms with van der Waals surface area (Å²) in [4.78, 5) is 2.75. The summed E-state index contributed by atoms with van der Waals surface area (Å²) < 4.78 is 0. The molecule has 2 fully saturated rings. The first kappa shape index (κ1) is 16.3. The van der Waals surface area contributed by atoms with Crippen LogP contribution in [0.2, 0.25) is 0 Å². The van der Waals surface area contributed by atoms with Gasteiger partial charge in [-0.25, -0.2) is 0 Å². The third-order valence-corrected chi connectivity index (χ3v) is 5.48. The van der Waals surface area contributed by atoms with Crippen LogP contribution in [0.1, 0.15) is 71.6 Å². The van der Waals surface area contributed by atoms with Gasteiger partial charge in [0.15, 0.2) is 0 Å². The van der Waals surface area contributed by atoms with Gasteiger partial charge in [0.1, 0.15) is 0 Å². The highest BCUT2D eigenvalue weighted by atomic mass is 15.2. The minimum absolute atomic E-state index is 0.764. The van der Waals surface area contributed by atoms with Crippen molar-refractivity contribution < 1.29 is 0 Å². The van der Waals surface area contributed by atoms with Crippen molar-refractivity contribution in [2.45, 2.75) is 77.7 Å². The van der Waals surface area contributed by atoms with Gasteiger partial charge in [0, 0.05) is 12.6 Å². The molecule has 0 aromatic heterocycles. The fraction of sp³-hybridized carbons (Fsp3) is 1.00. The second-order valence-electron chi connectivity index (χ2n) is 7.14. The molecule has 20 heavy (non-hydrogen) atoms. The number of piperidine rings is 1. The van der Waals surface area contributed by atoms with E-state index in [9.17, 15) is 0 Å². The molecule has 2 aliphatic rings. The average molecular weight is 280 g/mol. The molecule has 2 nitrogen and oxygen atoms in total. The molecular formula is C18H36N2. The van der Waals surface area contributed by atoms with E-state index in [0.717, 1.165) is 17.9 Å². The number of nitrogens with zero attached hydrogens (tertiary/aromatic N) is 1. The number of likely N-dealkylation sites (tertiary alicyclic amines) is 1. The zero-order valence-corrected chi connectivity index (χ0v) is 13.9. The van der Waals surface area contributed by atoms with Crippen molar-refractivity contribution in [1.82, 2.24) is 10.2 Å². The maximum atomic E-state index is 3.85. The Morgan fingerprint density at radius 3 is 2.30 bits per heavy atom. The SMILES string of the molecule is CCCNC(CN1CCC(CCC)CC1)C1CCCC1. The molecule has 1 aliphatic heterocycles. The van der Waals surface area contributed by atoms with Crippen LogP contribution in [0.25, 0.3) is 0 Å². The van der Waals surface area contributed by atoms with Crippen LogP contribution in [-0.4, -0.2) is 37.1 Å². The third-order valence-electron chi connectivity index (χ3n) is 5.48. The van der Waals surface area contributed by atoms with Crippen molar-refractivity contribution in [2.24, 2.45) is 11.8 Å². The van der Waals surface area contributed by atoms with Gasteiger partial charge in [-0.05, 0) is 63.6 Å². The van der Waals surface area contributed by atoms with Gasteiger partial charge < -0.3 is 10.2 Å². The Bertz CT molecular complexity index is 240. The molecule has 0 aromatic carbocycles. The van der Waals surface area contributed by atoms with E-state index in [0.29, 0.717) is 0 Å². The van der Waals surface area contributed by atoms with E-state index in [-0.39, 0.29) is 0 Å². The zero-order valence-electron chi connectivity index (χ0n) is 13.9. The lowest BCUT2D eigenvalue weighted by Gasteiger charge is -2.36. The molecule has 118 valence electrons. The van der Waals surface area contributed by atoms with Gasteiger partial charge >= 0.3 is 0 Å². The number of hydrogen-bond donors (Lipinski definition) is 1. The van der Waals surface area contributed by atoms with Gasteiger partial charge in [-0.3, -0.25) is 0 Å². The maximum absolute atomic E-state index is 3.85. The Morgan fingerprint density at radius 2 is 1.70 bits per heavy atom. The molecule has 1 unspecified atom stereocenters. The van der Waals surface area contributed by atoms with Crippen molar-refractivity contribution in [1.29, 1.82) is 0 Å². The maximum Gasteiger partial charge on any atom is 0.0223 e. The predicted molar refractivity (Wildman–Crippen MR) is 88.1 cm³/mol. The fourth-order valence-electron chi connectivity index (χ4n) is 4.21. The Balaban J connectivity index is 1.75. The van der Waals surface area contributed by atoms with Crippen molar-refractivity contribution in [3.63, 3.8) is 0 Å². The monoisotopic (exact) mass is 280 g/mol. The van der Waals surface area contributed by atoms with Crippen LogP contribution in [0.15, 0.2) is 0 Å². The molecule has 1 heterocycles. The van der Waals surface area contributed by atoms with Crippen LogP contribution >= 0.6 is 0 Å². The van der Waals surface area contributed by atoms with E-state index in [4.69, 9.17) is 0 Å². The Hall–Kier alpha value is -0.0800. The van der Waals surface area contributed by atoms with Crippen LogP contribution in [0, 0.1) is 11.8 Å². The summed E-state index contributed by atoms with van der Waals surface area (Å²) in [6, 6.07) is 0.764. The van der Waals surface area contributed by atoms with Crippen LogP contribution in [0.5, 0.6) is 0 Å². The first-order chi connectivity index (χ1) is 9.83. The normalized spacial score (nSPS) is 24.3. The molecule has 1 aliphatic carbocycles. The fourth-order valence-corrected chi connectivity index (χ4v) is 4.21. The minimum Gasteiger partial charge on any atom is -0.312 e. The van der Waals surface area contributed by atoms with Crippen LogP contribution in [-0.2, 0) is 0 Å². The van der Waals surface area contributed by atoms with Gasteiger partial charge in [0.25, 0.3) is 0 Å². The Kier molecular flexibility index (Phi) is 7.37. The lowest BCUT2D eigenvalue weighted by Crippen LogP contribution is -2.47. The van der Waals surface area contributed by atoms with Crippen LogP contribution in [0.3, 0.4) is 0 Å².